The Balaban J connectivity index is 0.925. The molecule has 2 aliphatic heterocycles. The van der Waals surface area contributed by atoms with Crippen LogP contribution in [0.1, 0.15) is 31.9 Å². The summed E-state index contributed by atoms with van der Waals surface area (Å²) < 4.78 is 23.7. The van der Waals surface area contributed by atoms with Gasteiger partial charge in [0.1, 0.15) is 44.0 Å². The van der Waals surface area contributed by atoms with E-state index in [0.29, 0.717) is 28.8 Å². The molecule has 0 N–H and O–H groups in total. The van der Waals surface area contributed by atoms with Crippen molar-refractivity contribution in [2.24, 2.45) is 0 Å². The molecule has 49 heavy (non-hydrogen) atoms. The Morgan fingerprint density at radius 3 is 2.22 bits per heavy atom. The van der Waals surface area contributed by atoms with E-state index in [2.05, 4.69) is 49.2 Å². The van der Waals surface area contributed by atoms with Gasteiger partial charge in [-0.2, -0.15) is 10.2 Å². The zero-order chi connectivity index (χ0) is 34.0. The molecule has 2 fully saturated rings. The van der Waals surface area contributed by atoms with Crippen molar-refractivity contribution in [3.8, 4) is 11.4 Å². The molecule has 256 valence electrons. The lowest BCUT2D eigenvalue weighted by Crippen LogP contribution is -2.46. The van der Waals surface area contributed by atoms with Gasteiger partial charge in [0, 0.05) is 48.1 Å². The summed E-state index contributed by atoms with van der Waals surface area (Å²) >= 11 is 12.7. The van der Waals surface area contributed by atoms with E-state index in [1.807, 2.05) is 44.2 Å². The van der Waals surface area contributed by atoms with E-state index in [4.69, 9.17) is 37.4 Å². The Kier molecular flexibility index (Phi) is 9.64. The average Bonchev–Trinajstić information content (AvgIpc) is 3.88. The number of benzene rings is 3. The molecule has 4 heterocycles. The van der Waals surface area contributed by atoms with Crippen LogP contribution in [0, 0.1) is 0 Å². The van der Waals surface area contributed by atoms with E-state index in [0.717, 1.165) is 55.4 Å². The summed E-state index contributed by atoms with van der Waals surface area (Å²) in [7, 11) is 0. The molecule has 0 radical (unpaired) electrons. The Morgan fingerprint density at radius 2 is 1.59 bits per heavy atom. The van der Waals surface area contributed by atoms with Gasteiger partial charge in [0.05, 0.1) is 23.4 Å². The van der Waals surface area contributed by atoms with Gasteiger partial charge in [-0.15, -0.1) is 0 Å². The number of anilines is 2. The predicted octanol–water partition coefficient (Wildman–Crippen LogP) is 5.58. The van der Waals surface area contributed by atoms with Crippen molar-refractivity contribution in [3.05, 3.63) is 112 Å². The zero-order valence-corrected chi connectivity index (χ0v) is 28.9. The molecule has 2 aromatic heterocycles. The van der Waals surface area contributed by atoms with Crippen LogP contribution in [0.5, 0.6) is 5.75 Å². The zero-order valence-electron chi connectivity index (χ0n) is 27.4. The van der Waals surface area contributed by atoms with Crippen LogP contribution in [0.25, 0.3) is 5.69 Å². The second-order valence-corrected chi connectivity index (χ2v) is 13.1. The monoisotopic (exact) mass is 704 g/mol. The molecular weight excluding hydrogens is 667 g/mol. The van der Waals surface area contributed by atoms with Crippen molar-refractivity contribution < 1.29 is 14.2 Å². The summed E-state index contributed by atoms with van der Waals surface area (Å²) in [6.45, 7) is 8.48. The minimum atomic E-state index is -1.16. The summed E-state index contributed by atoms with van der Waals surface area (Å²) in [4.78, 5) is 21.6. The number of nitrogens with zero attached hydrogens (tertiary/aromatic N) is 8. The van der Waals surface area contributed by atoms with Gasteiger partial charge in [-0.05, 0) is 74.0 Å². The maximum atomic E-state index is 12.8. The standard InChI is InChI=1S/C35H38Cl2N8O4/c1-3-25(2)45-34(46)44(24-40-45)29-7-5-27(6-8-29)41-14-16-42(17-15-41)28-9-11-30(12-10-28)47-19-31-20-48-35(49-31,21-43-23-38-22-39-43)32-13-4-26(36)18-33(32)37/h4-13,18,22-25,31H,3,14-17,19-21H2,1-2H3/t25-,31+,35-/m1/s1. The number of ether oxygens (including phenoxy) is 3. The smallest absolute Gasteiger partial charge is 0.350 e. The first-order valence-electron chi connectivity index (χ1n) is 16.4. The van der Waals surface area contributed by atoms with Crippen molar-refractivity contribution in [2.75, 3.05) is 49.2 Å². The molecule has 0 bridgehead atoms. The largest absolute Gasteiger partial charge is 0.491 e. The average molecular weight is 706 g/mol. The molecule has 14 heteroatoms. The molecule has 3 atom stereocenters. The normalized spacial score (nSPS) is 20.1. The van der Waals surface area contributed by atoms with Crippen LogP contribution in [0.4, 0.5) is 11.4 Å². The first-order valence-corrected chi connectivity index (χ1v) is 17.2. The van der Waals surface area contributed by atoms with Crippen LogP contribution >= 0.6 is 23.2 Å². The molecule has 2 saturated heterocycles. The van der Waals surface area contributed by atoms with Gasteiger partial charge in [0.25, 0.3) is 0 Å². The summed E-state index contributed by atoms with van der Waals surface area (Å²) in [6.07, 6.45) is 5.19. The van der Waals surface area contributed by atoms with Gasteiger partial charge in [-0.25, -0.2) is 23.7 Å². The quantitative estimate of drug-likeness (QED) is 0.174. The molecule has 0 unspecified atom stereocenters. The first-order chi connectivity index (χ1) is 23.8. The van der Waals surface area contributed by atoms with E-state index in [1.54, 1.807) is 34.0 Å². The molecule has 0 amide bonds. The summed E-state index contributed by atoms with van der Waals surface area (Å²) in [5.41, 5.74) is 3.64. The highest BCUT2D eigenvalue weighted by atomic mass is 35.5. The minimum Gasteiger partial charge on any atom is -0.491 e. The lowest BCUT2D eigenvalue weighted by atomic mass is 10.1. The fourth-order valence-electron chi connectivity index (χ4n) is 6.24. The molecule has 12 nitrogen and oxygen atoms in total. The highest BCUT2D eigenvalue weighted by Gasteiger charge is 2.45. The molecule has 7 rings (SSSR count). The van der Waals surface area contributed by atoms with E-state index in [9.17, 15) is 4.79 Å². The molecule has 0 saturated carbocycles. The topological polar surface area (TPSA) is 105 Å². The Hall–Kier alpha value is -4.36. The maximum absolute atomic E-state index is 12.8. The van der Waals surface area contributed by atoms with Crippen LogP contribution in [0.3, 0.4) is 0 Å². The van der Waals surface area contributed by atoms with Crippen LogP contribution in [-0.4, -0.2) is 74.6 Å². The molecule has 3 aromatic carbocycles. The summed E-state index contributed by atoms with van der Waals surface area (Å²) in [6, 6.07) is 21.6. The third-order valence-electron chi connectivity index (χ3n) is 9.15. The number of hydrogen-bond donors (Lipinski definition) is 0. The molecule has 5 aromatic rings. The second kappa shape index (κ2) is 14.2. The third-order valence-corrected chi connectivity index (χ3v) is 9.70. The molecule has 2 aliphatic rings. The highest BCUT2D eigenvalue weighted by Crippen LogP contribution is 2.40. The van der Waals surface area contributed by atoms with Crippen molar-refractivity contribution in [3.63, 3.8) is 0 Å². The highest BCUT2D eigenvalue weighted by molar-refractivity contribution is 6.35. The second-order valence-electron chi connectivity index (χ2n) is 12.3. The van der Waals surface area contributed by atoms with E-state index in [1.165, 1.54) is 11.0 Å². The molecular formula is C35H38Cl2N8O4. The van der Waals surface area contributed by atoms with Crippen LogP contribution in [0.15, 0.2) is 90.5 Å². The number of halogens is 2. The predicted molar refractivity (Wildman–Crippen MR) is 188 cm³/mol. The summed E-state index contributed by atoms with van der Waals surface area (Å²) in [5.74, 6) is -0.410. The van der Waals surface area contributed by atoms with Gasteiger partial charge < -0.3 is 24.0 Å². The first kappa shape index (κ1) is 33.2. The number of rotatable bonds is 11. The van der Waals surface area contributed by atoms with Crippen LogP contribution < -0.4 is 20.2 Å². The van der Waals surface area contributed by atoms with Crippen molar-refractivity contribution >= 4 is 34.6 Å². The third kappa shape index (κ3) is 7.04. The minimum absolute atomic E-state index is 0.0645. The lowest BCUT2D eigenvalue weighted by Gasteiger charge is -2.37. The van der Waals surface area contributed by atoms with Gasteiger partial charge in [0.15, 0.2) is 0 Å². The lowest BCUT2D eigenvalue weighted by molar-refractivity contribution is -0.190. The molecule has 0 aliphatic carbocycles. The van der Waals surface area contributed by atoms with E-state index in [-0.39, 0.29) is 24.4 Å². The van der Waals surface area contributed by atoms with Gasteiger partial charge in [-0.1, -0.05) is 36.2 Å². The fourth-order valence-corrected chi connectivity index (χ4v) is 6.79. The van der Waals surface area contributed by atoms with Crippen molar-refractivity contribution in [2.45, 2.75) is 44.7 Å². The molecule has 0 spiro atoms. The van der Waals surface area contributed by atoms with Gasteiger partial charge in [-0.3, -0.25) is 0 Å². The van der Waals surface area contributed by atoms with E-state index >= 15 is 0 Å². The van der Waals surface area contributed by atoms with E-state index < -0.39 is 5.79 Å². The Bertz CT molecular complexity index is 1910. The van der Waals surface area contributed by atoms with Crippen molar-refractivity contribution in [1.29, 1.82) is 0 Å². The maximum Gasteiger partial charge on any atom is 0.350 e. The van der Waals surface area contributed by atoms with Crippen LogP contribution in [0.2, 0.25) is 10.0 Å². The SMILES string of the molecule is CC[C@@H](C)n1ncn(-c2ccc(N3CCN(c4ccc(OC[C@H]5CO[C@@](Cn6cncn6)(c6ccc(Cl)cc6Cl)O5)cc4)CC3)cc2)c1=O. The van der Waals surface area contributed by atoms with Crippen LogP contribution in [-0.2, 0) is 21.8 Å². The number of aromatic nitrogens is 6. The summed E-state index contributed by atoms with van der Waals surface area (Å²) in [5, 5.41) is 9.50. The number of hydrogen-bond acceptors (Lipinski definition) is 9. The van der Waals surface area contributed by atoms with Gasteiger partial charge in [0.2, 0.25) is 5.79 Å². The van der Waals surface area contributed by atoms with Crippen molar-refractivity contribution in [1.82, 2.24) is 29.1 Å². The van der Waals surface area contributed by atoms with Gasteiger partial charge >= 0.3 is 5.69 Å². The fraction of sp³-hybridized carbons (Fsp3) is 0.371. The number of piperazine rings is 1. The Morgan fingerprint density at radius 1 is 0.918 bits per heavy atom. The Labute approximate surface area is 294 Å².